The van der Waals surface area contributed by atoms with Gasteiger partial charge >= 0.3 is 0 Å². The molecule has 94 valence electrons. The Morgan fingerprint density at radius 2 is 2.17 bits per heavy atom. The van der Waals surface area contributed by atoms with E-state index >= 15 is 0 Å². The lowest BCUT2D eigenvalue weighted by Gasteiger charge is -2.05. The molecule has 1 aliphatic carbocycles. The van der Waals surface area contributed by atoms with Gasteiger partial charge in [0.05, 0.1) is 10.7 Å². The molecule has 0 radical (unpaired) electrons. The van der Waals surface area contributed by atoms with E-state index in [0.717, 1.165) is 17.5 Å². The van der Waals surface area contributed by atoms with Crippen LogP contribution in [0.1, 0.15) is 24.5 Å². The summed E-state index contributed by atoms with van der Waals surface area (Å²) in [5.74, 6) is -0.280. The number of nitrogens with one attached hydrogen (secondary N) is 1. The van der Waals surface area contributed by atoms with E-state index < -0.39 is 11.4 Å². The van der Waals surface area contributed by atoms with E-state index in [1.54, 1.807) is 0 Å². The highest BCUT2D eigenvalue weighted by Crippen LogP contribution is 2.41. The van der Waals surface area contributed by atoms with Crippen molar-refractivity contribution in [1.82, 2.24) is 9.78 Å². The first-order valence-electron chi connectivity index (χ1n) is 5.64. The van der Waals surface area contributed by atoms with Crippen molar-refractivity contribution < 1.29 is 4.39 Å². The lowest BCUT2D eigenvalue weighted by Crippen LogP contribution is -2.18. The standard InChI is InChI=1S/C12H11ClFN3O/c13-7-2-1-3-8(14)11(7)17-12(18)9(15)10(16-17)6-4-5-6/h1-3,6,16H,4-5,15H2. The molecule has 0 spiro atoms. The van der Waals surface area contributed by atoms with Crippen LogP contribution in [-0.4, -0.2) is 9.78 Å². The topological polar surface area (TPSA) is 63.8 Å². The number of rotatable bonds is 2. The first kappa shape index (κ1) is 11.3. The Balaban J connectivity index is 2.23. The number of hydrogen-bond donors (Lipinski definition) is 2. The lowest BCUT2D eigenvalue weighted by atomic mass is 10.2. The van der Waals surface area contributed by atoms with Crippen molar-refractivity contribution in [1.29, 1.82) is 0 Å². The summed E-state index contributed by atoms with van der Waals surface area (Å²) in [5, 5.41) is 3.03. The smallest absolute Gasteiger partial charge is 0.294 e. The summed E-state index contributed by atoms with van der Waals surface area (Å²) in [6, 6.07) is 4.27. The third kappa shape index (κ3) is 1.62. The molecule has 0 aliphatic heterocycles. The molecule has 2 aromatic rings. The maximum Gasteiger partial charge on any atom is 0.294 e. The van der Waals surface area contributed by atoms with Gasteiger partial charge in [0.2, 0.25) is 0 Å². The van der Waals surface area contributed by atoms with Gasteiger partial charge in [0.25, 0.3) is 5.56 Å². The first-order chi connectivity index (χ1) is 8.59. The van der Waals surface area contributed by atoms with Gasteiger partial charge in [-0.3, -0.25) is 9.89 Å². The Kier molecular flexibility index (Phi) is 2.45. The molecular formula is C12H11ClFN3O. The van der Waals surface area contributed by atoms with Crippen molar-refractivity contribution in [3.63, 3.8) is 0 Å². The molecule has 1 aromatic carbocycles. The summed E-state index contributed by atoms with van der Waals surface area (Å²) in [6.07, 6.45) is 1.99. The molecule has 1 fully saturated rings. The number of nitrogen functional groups attached to an aromatic ring is 1. The summed E-state index contributed by atoms with van der Waals surface area (Å²) < 4.78 is 14.9. The second-order valence-corrected chi connectivity index (χ2v) is 4.83. The zero-order valence-electron chi connectivity index (χ0n) is 9.41. The van der Waals surface area contributed by atoms with E-state index in [2.05, 4.69) is 5.10 Å². The number of nitrogens with two attached hydrogens (primary N) is 1. The minimum Gasteiger partial charge on any atom is -0.393 e. The summed E-state index contributed by atoms with van der Waals surface area (Å²) in [7, 11) is 0. The lowest BCUT2D eigenvalue weighted by molar-refractivity contribution is 0.607. The number of H-pyrrole nitrogens is 1. The maximum atomic E-state index is 13.8. The molecule has 1 saturated carbocycles. The summed E-state index contributed by atoms with van der Waals surface area (Å²) in [4.78, 5) is 12.0. The molecule has 0 saturated heterocycles. The van der Waals surface area contributed by atoms with Crippen LogP contribution >= 0.6 is 11.6 Å². The summed E-state index contributed by atoms with van der Waals surface area (Å²) in [5.41, 5.74) is 6.14. The van der Waals surface area contributed by atoms with Crippen LogP contribution < -0.4 is 11.3 Å². The van der Waals surface area contributed by atoms with E-state index in [1.807, 2.05) is 0 Å². The third-order valence-electron chi connectivity index (χ3n) is 3.10. The van der Waals surface area contributed by atoms with Crippen LogP contribution in [0, 0.1) is 5.82 Å². The fourth-order valence-electron chi connectivity index (χ4n) is 2.01. The Hall–Kier alpha value is -1.75. The van der Waals surface area contributed by atoms with Crippen molar-refractivity contribution >= 4 is 17.3 Å². The van der Waals surface area contributed by atoms with Gasteiger partial charge in [-0.05, 0) is 25.0 Å². The van der Waals surface area contributed by atoms with Crippen LogP contribution in [0.15, 0.2) is 23.0 Å². The number of benzene rings is 1. The highest BCUT2D eigenvalue weighted by atomic mass is 35.5. The number of hydrogen-bond acceptors (Lipinski definition) is 2. The number of nitrogens with zero attached hydrogens (tertiary/aromatic N) is 1. The van der Waals surface area contributed by atoms with E-state index in [-0.39, 0.29) is 22.3 Å². The monoisotopic (exact) mass is 267 g/mol. The van der Waals surface area contributed by atoms with Gasteiger partial charge in [-0.2, -0.15) is 0 Å². The van der Waals surface area contributed by atoms with E-state index in [1.165, 1.54) is 18.2 Å². The zero-order valence-corrected chi connectivity index (χ0v) is 10.2. The van der Waals surface area contributed by atoms with Gasteiger partial charge in [0.1, 0.15) is 17.2 Å². The van der Waals surface area contributed by atoms with Crippen LogP contribution in [0.2, 0.25) is 5.02 Å². The number of para-hydroxylation sites is 1. The molecule has 3 rings (SSSR count). The minimum atomic E-state index is -0.562. The quantitative estimate of drug-likeness (QED) is 0.878. The Labute approximate surface area is 107 Å². The average Bonchev–Trinajstić information content (AvgIpc) is 3.11. The minimum absolute atomic E-state index is 0.0165. The predicted molar refractivity (Wildman–Crippen MR) is 67.7 cm³/mol. The highest BCUT2D eigenvalue weighted by Gasteiger charge is 2.30. The Morgan fingerprint density at radius 3 is 2.78 bits per heavy atom. The van der Waals surface area contributed by atoms with Crippen LogP contribution in [0.4, 0.5) is 10.1 Å². The number of anilines is 1. The number of aromatic nitrogens is 2. The summed E-state index contributed by atoms with van der Waals surface area (Å²) >= 11 is 5.93. The van der Waals surface area contributed by atoms with E-state index in [4.69, 9.17) is 17.3 Å². The predicted octanol–water partition coefficient (Wildman–Crippen LogP) is 2.42. The van der Waals surface area contributed by atoms with Crippen LogP contribution in [-0.2, 0) is 0 Å². The second-order valence-electron chi connectivity index (χ2n) is 4.42. The Morgan fingerprint density at radius 1 is 1.44 bits per heavy atom. The van der Waals surface area contributed by atoms with E-state index in [0.29, 0.717) is 5.69 Å². The van der Waals surface area contributed by atoms with Gasteiger partial charge in [-0.25, -0.2) is 9.07 Å². The molecule has 6 heteroatoms. The third-order valence-corrected chi connectivity index (χ3v) is 3.41. The van der Waals surface area contributed by atoms with Crippen LogP contribution in [0.5, 0.6) is 0 Å². The number of halogens is 2. The highest BCUT2D eigenvalue weighted by molar-refractivity contribution is 6.32. The Bertz CT molecular complexity index is 652. The molecule has 18 heavy (non-hydrogen) atoms. The van der Waals surface area contributed by atoms with Crippen molar-refractivity contribution in [2.45, 2.75) is 18.8 Å². The maximum absolute atomic E-state index is 13.8. The van der Waals surface area contributed by atoms with Gasteiger partial charge in [-0.1, -0.05) is 17.7 Å². The van der Waals surface area contributed by atoms with Crippen LogP contribution in [0.3, 0.4) is 0 Å². The van der Waals surface area contributed by atoms with Crippen LogP contribution in [0.25, 0.3) is 5.69 Å². The van der Waals surface area contributed by atoms with Gasteiger partial charge < -0.3 is 5.73 Å². The van der Waals surface area contributed by atoms with Gasteiger partial charge in [-0.15, -0.1) is 0 Å². The molecule has 1 aromatic heterocycles. The van der Waals surface area contributed by atoms with Gasteiger partial charge in [0, 0.05) is 5.92 Å². The fraction of sp³-hybridized carbons (Fsp3) is 0.250. The second kappa shape index (κ2) is 3.88. The van der Waals surface area contributed by atoms with Crippen molar-refractivity contribution in [2.24, 2.45) is 0 Å². The zero-order chi connectivity index (χ0) is 12.9. The largest absolute Gasteiger partial charge is 0.393 e. The van der Waals surface area contributed by atoms with E-state index in [9.17, 15) is 9.18 Å². The molecule has 0 unspecified atom stereocenters. The average molecular weight is 268 g/mol. The molecule has 1 heterocycles. The summed E-state index contributed by atoms with van der Waals surface area (Å²) in [6.45, 7) is 0. The molecular weight excluding hydrogens is 257 g/mol. The first-order valence-corrected chi connectivity index (χ1v) is 6.02. The number of aromatic amines is 1. The molecule has 0 amide bonds. The fourth-order valence-corrected chi connectivity index (χ4v) is 2.26. The molecule has 0 atom stereocenters. The molecule has 4 nitrogen and oxygen atoms in total. The molecule has 3 N–H and O–H groups in total. The van der Waals surface area contributed by atoms with Crippen molar-refractivity contribution in [3.05, 3.63) is 45.1 Å². The molecule has 0 bridgehead atoms. The normalized spacial score (nSPS) is 15.0. The SMILES string of the molecule is Nc1c(C2CC2)[nH]n(-c2c(F)cccc2Cl)c1=O. The van der Waals surface area contributed by atoms with Crippen molar-refractivity contribution in [3.8, 4) is 5.69 Å². The van der Waals surface area contributed by atoms with Gasteiger partial charge in [0.15, 0.2) is 0 Å². The molecule has 1 aliphatic rings. The van der Waals surface area contributed by atoms with Crippen molar-refractivity contribution in [2.75, 3.05) is 5.73 Å².